The predicted molar refractivity (Wildman–Crippen MR) is 43.4 cm³/mol. The normalized spacial score (nSPS) is 20.8. The summed E-state index contributed by atoms with van der Waals surface area (Å²) in [4.78, 5) is 10.5. The van der Waals surface area contributed by atoms with E-state index in [4.69, 9.17) is 5.11 Å². The lowest BCUT2D eigenvalue weighted by Gasteiger charge is -2.23. The first-order valence-corrected chi connectivity index (χ1v) is 4.13. The topological polar surface area (TPSA) is 37.3 Å². The van der Waals surface area contributed by atoms with Crippen LogP contribution in [-0.4, -0.2) is 11.1 Å². The Kier molecular flexibility index (Phi) is 2.50. The number of hydrogen-bond donors (Lipinski definition) is 1. The quantitative estimate of drug-likeness (QED) is 0.710. The minimum absolute atomic E-state index is 0.109. The largest absolute Gasteiger partial charge is 0.481 e. The Morgan fingerprint density at radius 1 is 1.50 bits per heavy atom. The molecule has 0 aromatic rings. The van der Waals surface area contributed by atoms with Gasteiger partial charge in [-0.3, -0.25) is 4.79 Å². The molecule has 12 heavy (non-hydrogen) atoms. The Morgan fingerprint density at radius 3 is 2.33 bits per heavy atom. The molecular weight excluding hydrogens is 159 g/mol. The molecule has 1 fully saturated rings. The average Bonchev–Trinajstić information content (AvgIpc) is 2.35. The van der Waals surface area contributed by atoms with Crippen LogP contribution in [0.1, 0.15) is 32.1 Å². The van der Waals surface area contributed by atoms with E-state index in [9.17, 15) is 9.18 Å². The van der Waals surface area contributed by atoms with Gasteiger partial charge in [-0.25, -0.2) is 4.39 Å². The average molecular weight is 172 g/mol. The van der Waals surface area contributed by atoms with E-state index in [1.165, 1.54) is 0 Å². The van der Waals surface area contributed by atoms with Crippen LogP contribution in [0.4, 0.5) is 4.39 Å². The maximum atomic E-state index is 13.0. The SMILES string of the molecule is C=C(F)C1(CC(=O)O)CCCC1. The van der Waals surface area contributed by atoms with E-state index in [0.29, 0.717) is 12.8 Å². The Labute approximate surface area is 71.1 Å². The van der Waals surface area contributed by atoms with Gasteiger partial charge in [-0.1, -0.05) is 19.4 Å². The van der Waals surface area contributed by atoms with E-state index in [1.807, 2.05) is 0 Å². The zero-order chi connectivity index (χ0) is 9.19. The molecule has 0 aromatic heterocycles. The molecule has 0 aliphatic heterocycles. The van der Waals surface area contributed by atoms with Gasteiger partial charge in [-0.05, 0) is 12.8 Å². The van der Waals surface area contributed by atoms with Crippen molar-refractivity contribution in [3.63, 3.8) is 0 Å². The van der Waals surface area contributed by atoms with Crippen LogP contribution in [0.25, 0.3) is 0 Å². The standard InChI is InChI=1S/C9H13FO2/c1-7(10)9(6-8(11)12)4-2-3-5-9/h1-6H2,(H,11,12). The van der Waals surface area contributed by atoms with E-state index in [-0.39, 0.29) is 6.42 Å². The molecule has 0 radical (unpaired) electrons. The molecule has 0 aromatic carbocycles. The van der Waals surface area contributed by atoms with Crippen molar-refractivity contribution in [3.8, 4) is 0 Å². The smallest absolute Gasteiger partial charge is 0.304 e. The number of rotatable bonds is 3. The van der Waals surface area contributed by atoms with Crippen LogP contribution < -0.4 is 0 Å². The molecule has 0 unspecified atom stereocenters. The number of allylic oxidation sites excluding steroid dienone is 1. The highest BCUT2D eigenvalue weighted by atomic mass is 19.1. The minimum Gasteiger partial charge on any atom is -0.481 e. The molecule has 1 saturated carbocycles. The lowest BCUT2D eigenvalue weighted by Crippen LogP contribution is -2.21. The Hall–Kier alpha value is -0.860. The van der Waals surface area contributed by atoms with Crippen molar-refractivity contribution >= 4 is 5.97 Å². The lowest BCUT2D eigenvalue weighted by molar-refractivity contribution is -0.139. The van der Waals surface area contributed by atoms with Gasteiger partial charge < -0.3 is 5.11 Å². The zero-order valence-corrected chi connectivity index (χ0v) is 6.98. The monoisotopic (exact) mass is 172 g/mol. The van der Waals surface area contributed by atoms with Crippen LogP contribution in [0.15, 0.2) is 12.4 Å². The summed E-state index contributed by atoms with van der Waals surface area (Å²) in [6.45, 7) is 3.23. The highest BCUT2D eigenvalue weighted by Crippen LogP contribution is 2.46. The van der Waals surface area contributed by atoms with Gasteiger partial charge in [0.15, 0.2) is 0 Å². The number of hydrogen-bond acceptors (Lipinski definition) is 1. The third-order valence-corrected chi connectivity index (χ3v) is 2.63. The summed E-state index contributed by atoms with van der Waals surface area (Å²) < 4.78 is 13.0. The van der Waals surface area contributed by atoms with Crippen molar-refractivity contribution in [1.29, 1.82) is 0 Å². The second-order valence-electron chi connectivity index (χ2n) is 3.46. The summed E-state index contributed by atoms with van der Waals surface area (Å²) in [5.74, 6) is -1.39. The van der Waals surface area contributed by atoms with E-state index in [0.717, 1.165) is 12.8 Å². The van der Waals surface area contributed by atoms with Crippen LogP contribution in [0.5, 0.6) is 0 Å². The van der Waals surface area contributed by atoms with Crippen LogP contribution in [0, 0.1) is 5.41 Å². The number of aliphatic carboxylic acids is 1. The number of halogens is 1. The fourth-order valence-corrected chi connectivity index (χ4v) is 1.89. The summed E-state index contributed by atoms with van der Waals surface area (Å²) in [5.41, 5.74) is -0.744. The van der Waals surface area contributed by atoms with Crippen molar-refractivity contribution in [3.05, 3.63) is 12.4 Å². The Bertz CT molecular complexity index is 205. The maximum absolute atomic E-state index is 13.0. The van der Waals surface area contributed by atoms with Crippen LogP contribution in [0.2, 0.25) is 0 Å². The van der Waals surface area contributed by atoms with E-state index >= 15 is 0 Å². The Balaban J connectivity index is 2.72. The molecule has 1 aliphatic rings. The van der Waals surface area contributed by atoms with E-state index in [1.54, 1.807) is 0 Å². The molecule has 3 heteroatoms. The van der Waals surface area contributed by atoms with Gasteiger partial charge in [0.1, 0.15) is 0 Å². The lowest BCUT2D eigenvalue weighted by atomic mass is 9.82. The summed E-state index contributed by atoms with van der Waals surface area (Å²) >= 11 is 0. The van der Waals surface area contributed by atoms with Gasteiger partial charge in [0, 0.05) is 5.41 Å². The van der Waals surface area contributed by atoms with Crippen LogP contribution in [0.3, 0.4) is 0 Å². The fraction of sp³-hybridized carbons (Fsp3) is 0.667. The van der Waals surface area contributed by atoms with Gasteiger partial charge in [0.05, 0.1) is 12.2 Å². The van der Waals surface area contributed by atoms with Crippen molar-refractivity contribution in [2.45, 2.75) is 32.1 Å². The summed E-state index contributed by atoms with van der Waals surface area (Å²) in [7, 11) is 0. The van der Waals surface area contributed by atoms with Gasteiger partial charge in [-0.2, -0.15) is 0 Å². The first-order valence-electron chi connectivity index (χ1n) is 4.13. The second-order valence-corrected chi connectivity index (χ2v) is 3.46. The molecule has 0 saturated heterocycles. The van der Waals surface area contributed by atoms with Crippen LogP contribution >= 0.6 is 0 Å². The molecule has 1 rings (SSSR count). The number of carboxylic acid groups (broad SMARTS) is 1. The van der Waals surface area contributed by atoms with Gasteiger partial charge in [-0.15, -0.1) is 0 Å². The van der Waals surface area contributed by atoms with Crippen LogP contribution in [-0.2, 0) is 4.79 Å². The van der Waals surface area contributed by atoms with Gasteiger partial charge in [0.25, 0.3) is 0 Å². The number of carboxylic acids is 1. The van der Waals surface area contributed by atoms with Gasteiger partial charge in [0.2, 0.25) is 0 Å². The Morgan fingerprint density at radius 2 is 2.00 bits per heavy atom. The van der Waals surface area contributed by atoms with Crippen molar-refractivity contribution in [2.24, 2.45) is 5.41 Å². The zero-order valence-electron chi connectivity index (χ0n) is 6.98. The van der Waals surface area contributed by atoms with Crippen molar-refractivity contribution in [1.82, 2.24) is 0 Å². The first kappa shape index (κ1) is 9.23. The van der Waals surface area contributed by atoms with E-state index < -0.39 is 17.2 Å². The molecule has 68 valence electrons. The molecule has 1 aliphatic carbocycles. The van der Waals surface area contributed by atoms with Crippen molar-refractivity contribution < 1.29 is 14.3 Å². The molecule has 0 bridgehead atoms. The molecule has 0 heterocycles. The third kappa shape index (κ3) is 1.65. The predicted octanol–water partition coefficient (Wildman–Crippen LogP) is 2.50. The maximum Gasteiger partial charge on any atom is 0.304 e. The molecule has 0 spiro atoms. The third-order valence-electron chi connectivity index (χ3n) is 2.63. The highest BCUT2D eigenvalue weighted by Gasteiger charge is 2.39. The molecule has 1 N–H and O–H groups in total. The molecule has 0 amide bonds. The van der Waals surface area contributed by atoms with Gasteiger partial charge >= 0.3 is 5.97 Å². The summed E-state index contributed by atoms with van der Waals surface area (Å²) in [6.07, 6.45) is 2.98. The second kappa shape index (κ2) is 3.25. The first-order chi connectivity index (χ1) is 5.57. The number of carbonyl (C=O) groups is 1. The summed E-state index contributed by atoms with van der Waals surface area (Å²) in [6, 6.07) is 0. The molecular formula is C9H13FO2. The van der Waals surface area contributed by atoms with E-state index in [2.05, 4.69) is 6.58 Å². The fourth-order valence-electron chi connectivity index (χ4n) is 1.89. The molecule has 0 atom stereocenters. The molecule has 2 nitrogen and oxygen atoms in total. The highest BCUT2D eigenvalue weighted by molar-refractivity contribution is 5.68. The van der Waals surface area contributed by atoms with Crippen molar-refractivity contribution in [2.75, 3.05) is 0 Å². The summed E-state index contributed by atoms with van der Waals surface area (Å²) in [5, 5.41) is 8.58. The minimum atomic E-state index is -0.935.